The van der Waals surface area contributed by atoms with Crippen LogP contribution in [0.1, 0.15) is 22.7 Å². The Morgan fingerprint density at radius 1 is 1.06 bits per heavy atom. The quantitative estimate of drug-likeness (QED) is 0.748. The minimum Gasteiger partial charge on any atom is -0.316 e. The van der Waals surface area contributed by atoms with Crippen LogP contribution in [0.4, 0.5) is 0 Å². The van der Waals surface area contributed by atoms with Crippen LogP contribution in [-0.2, 0) is 0 Å². The highest BCUT2D eigenvalue weighted by atomic mass is 15.0. The predicted octanol–water partition coefficient (Wildman–Crippen LogP) is 1.78. The molecule has 16 heavy (non-hydrogen) atoms. The standard InChI is InChI=1S/C14H20N2/c1-9-3-4-11(5-10(9)2)14-13-8-15-6-12(13)7-16-14/h3-5,12-16H,6-8H2,1-2H3. The Labute approximate surface area is 97.4 Å². The molecule has 3 unspecified atom stereocenters. The summed E-state index contributed by atoms with van der Waals surface area (Å²) in [6.07, 6.45) is 0. The van der Waals surface area contributed by atoms with E-state index in [0.29, 0.717) is 6.04 Å². The molecule has 2 heteroatoms. The SMILES string of the molecule is Cc1ccc(C2NCC3CNCC32)cc1C. The van der Waals surface area contributed by atoms with Gasteiger partial charge in [-0.1, -0.05) is 18.2 Å². The molecule has 0 saturated carbocycles. The molecule has 2 heterocycles. The molecule has 0 aliphatic carbocycles. The van der Waals surface area contributed by atoms with Crippen molar-refractivity contribution in [3.05, 3.63) is 34.9 Å². The van der Waals surface area contributed by atoms with Crippen molar-refractivity contribution in [3.63, 3.8) is 0 Å². The molecule has 0 amide bonds. The van der Waals surface area contributed by atoms with Gasteiger partial charge in [-0.25, -0.2) is 0 Å². The average molecular weight is 216 g/mol. The van der Waals surface area contributed by atoms with E-state index in [-0.39, 0.29) is 0 Å². The lowest BCUT2D eigenvalue weighted by Gasteiger charge is -2.19. The van der Waals surface area contributed by atoms with Gasteiger partial charge in [-0.05, 0) is 48.9 Å². The number of hydrogen-bond donors (Lipinski definition) is 2. The summed E-state index contributed by atoms with van der Waals surface area (Å²) in [6.45, 7) is 7.93. The van der Waals surface area contributed by atoms with Gasteiger partial charge < -0.3 is 10.6 Å². The third-order valence-electron chi connectivity index (χ3n) is 4.31. The second kappa shape index (κ2) is 3.86. The topological polar surface area (TPSA) is 24.1 Å². The lowest BCUT2D eigenvalue weighted by atomic mass is 9.89. The lowest BCUT2D eigenvalue weighted by molar-refractivity contribution is 0.450. The highest BCUT2D eigenvalue weighted by Crippen LogP contribution is 2.36. The molecule has 2 fully saturated rings. The molecule has 2 N–H and O–H groups in total. The van der Waals surface area contributed by atoms with Crippen LogP contribution < -0.4 is 10.6 Å². The molecule has 3 atom stereocenters. The van der Waals surface area contributed by atoms with Gasteiger partial charge >= 0.3 is 0 Å². The summed E-state index contributed by atoms with van der Waals surface area (Å²) < 4.78 is 0. The molecule has 2 nitrogen and oxygen atoms in total. The first-order chi connectivity index (χ1) is 7.75. The maximum Gasteiger partial charge on any atom is 0.0364 e. The van der Waals surface area contributed by atoms with Crippen LogP contribution in [0.2, 0.25) is 0 Å². The molecule has 2 aliphatic heterocycles. The lowest BCUT2D eigenvalue weighted by Crippen LogP contribution is -2.23. The summed E-state index contributed by atoms with van der Waals surface area (Å²) in [5, 5.41) is 7.19. The van der Waals surface area contributed by atoms with E-state index in [2.05, 4.69) is 42.7 Å². The van der Waals surface area contributed by atoms with Gasteiger partial charge in [-0.15, -0.1) is 0 Å². The Balaban J connectivity index is 1.89. The van der Waals surface area contributed by atoms with Gasteiger partial charge in [0.2, 0.25) is 0 Å². The van der Waals surface area contributed by atoms with Crippen LogP contribution in [-0.4, -0.2) is 19.6 Å². The van der Waals surface area contributed by atoms with Crippen molar-refractivity contribution in [2.75, 3.05) is 19.6 Å². The first-order valence-corrected chi connectivity index (χ1v) is 6.27. The van der Waals surface area contributed by atoms with Gasteiger partial charge in [0.1, 0.15) is 0 Å². The van der Waals surface area contributed by atoms with Crippen LogP contribution >= 0.6 is 0 Å². The first kappa shape index (κ1) is 10.3. The Hall–Kier alpha value is -0.860. The van der Waals surface area contributed by atoms with Gasteiger partial charge in [0.05, 0.1) is 0 Å². The summed E-state index contributed by atoms with van der Waals surface area (Å²) in [4.78, 5) is 0. The van der Waals surface area contributed by atoms with Gasteiger partial charge in [0, 0.05) is 19.1 Å². The summed E-state index contributed by atoms with van der Waals surface area (Å²) in [5.41, 5.74) is 4.27. The fraction of sp³-hybridized carbons (Fsp3) is 0.571. The molecule has 0 spiro atoms. The fourth-order valence-corrected chi connectivity index (χ4v) is 3.12. The molecular formula is C14H20N2. The van der Waals surface area contributed by atoms with Crippen LogP contribution in [0.25, 0.3) is 0 Å². The molecule has 0 aromatic heterocycles. The number of hydrogen-bond acceptors (Lipinski definition) is 2. The van der Waals surface area contributed by atoms with Crippen molar-refractivity contribution in [2.24, 2.45) is 11.8 Å². The normalized spacial score (nSPS) is 33.0. The minimum absolute atomic E-state index is 0.569. The Kier molecular flexibility index (Phi) is 2.49. The van der Waals surface area contributed by atoms with Gasteiger partial charge in [0.25, 0.3) is 0 Å². The largest absolute Gasteiger partial charge is 0.316 e. The molecular weight excluding hydrogens is 196 g/mol. The number of aryl methyl sites for hydroxylation is 2. The number of nitrogens with one attached hydrogen (secondary N) is 2. The van der Waals surface area contributed by atoms with E-state index in [9.17, 15) is 0 Å². The van der Waals surface area contributed by atoms with Crippen LogP contribution in [0, 0.1) is 25.7 Å². The number of fused-ring (bicyclic) bond motifs is 1. The third kappa shape index (κ3) is 1.57. The molecule has 86 valence electrons. The zero-order valence-corrected chi connectivity index (χ0v) is 10.1. The highest BCUT2D eigenvalue weighted by molar-refractivity contribution is 5.33. The molecule has 2 saturated heterocycles. The molecule has 1 aromatic carbocycles. The molecule has 0 bridgehead atoms. The molecule has 1 aromatic rings. The summed E-state index contributed by atoms with van der Waals surface area (Å²) in [5.74, 6) is 1.63. The Bertz CT molecular complexity index is 400. The maximum absolute atomic E-state index is 3.68. The Morgan fingerprint density at radius 3 is 2.75 bits per heavy atom. The van der Waals surface area contributed by atoms with Crippen molar-refractivity contribution in [1.82, 2.24) is 10.6 Å². The van der Waals surface area contributed by atoms with E-state index in [1.807, 2.05) is 0 Å². The van der Waals surface area contributed by atoms with Crippen molar-refractivity contribution in [1.29, 1.82) is 0 Å². The van der Waals surface area contributed by atoms with E-state index in [0.717, 1.165) is 11.8 Å². The first-order valence-electron chi connectivity index (χ1n) is 6.27. The van der Waals surface area contributed by atoms with E-state index in [1.54, 1.807) is 0 Å². The summed E-state index contributed by atoms with van der Waals surface area (Å²) >= 11 is 0. The van der Waals surface area contributed by atoms with Crippen LogP contribution in [0.5, 0.6) is 0 Å². The van der Waals surface area contributed by atoms with Crippen molar-refractivity contribution in [3.8, 4) is 0 Å². The van der Waals surface area contributed by atoms with E-state index < -0.39 is 0 Å². The zero-order chi connectivity index (χ0) is 11.1. The van der Waals surface area contributed by atoms with Crippen molar-refractivity contribution in [2.45, 2.75) is 19.9 Å². The predicted molar refractivity (Wildman–Crippen MR) is 66.5 cm³/mol. The fourth-order valence-electron chi connectivity index (χ4n) is 3.12. The van der Waals surface area contributed by atoms with Crippen molar-refractivity contribution >= 4 is 0 Å². The van der Waals surface area contributed by atoms with Crippen LogP contribution in [0.3, 0.4) is 0 Å². The molecule has 0 radical (unpaired) electrons. The van der Waals surface area contributed by atoms with E-state index in [1.165, 1.54) is 36.3 Å². The van der Waals surface area contributed by atoms with Crippen molar-refractivity contribution < 1.29 is 0 Å². The van der Waals surface area contributed by atoms with E-state index in [4.69, 9.17) is 0 Å². The summed E-state index contributed by atoms with van der Waals surface area (Å²) in [6, 6.07) is 7.47. The number of rotatable bonds is 1. The average Bonchev–Trinajstić information content (AvgIpc) is 2.83. The summed E-state index contributed by atoms with van der Waals surface area (Å²) in [7, 11) is 0. The third-order valence-corrected chi connectivity index (χ3v) is 4.31. The Morgan fingerprint density at radius 2 is 1.94 bits per heavy atom. The second-order valence-corrected chi connectivity index (χ2v) is 5.31. The van der Waals surface area contributed by atoms with E-state index >= 15 is 0 Å². The molecule has 2 aliphatic rings. The number of benzene rings is 1. The van der Waals surface area contributed by atoms with Gasteiger partial charge in [0.15, 0.2) is 0 Å². The zero-order valence-electron chi connectivity index (χ0n) is 10.1. The second-order valence-electron chi connectivity index (χ2n) is 5.31. The highest BCUT2D eigenvalue weighted by Gasteiger charge is 2.39. The van der Waals surface area contributed by atoms with Crippen LogP contribution in [0.15, 0.2) is 18.2 Å². The minimum atomic E-state index is 0.569. The smallest absolute Gasteiger partial charge is 0.0364 e. The van der Waals surface area contributed by atoms with Gasteiger partial charge in [-0.2, -0.15) is 0 Å². The van der Waals surface area contributed by atoms with Gasteiger partial charge in [-0.3, -0.25) is 0 Å². The monoisotopic (exact) mass is 216 g/mol. The molecule has 3 rings (SSSR count). The maximum atomic E-state index is 3.68.